The second kappa shape index (κ2) is 12.9. The minimum atomic E-state index is -0.673. The van der Waals surface area contributed by atoms with Gasteiger partial charge in [0.2, 0.25) is 0 Å². The number of aliphatic hydroxyl groups is 3. The van der Waals surface area contributed by atoms with Crippen molar-refractivity contribution in [2.45, 2.75) is 51.2 Å². The van der Waals surface area contributed by atoms with Crippen LogP contribution in [0.2, 0.25) is 0 Å². The molecule has 1 aromatic heterocycles. The number of aliphatic hydroxyl groups excluding tert-OH is 3. The highest BCUT2D eigenvalue weighted by molar-refractivity contribution is 5.30. The maximum Gasteiger partial charge on any atom is 0.119 e. The molecule has 29 heavy (non-hydrogen) atoms. The van der Waals surface area contributed by atoms with Gasteiger partial charge in [0.05, 0.1) is 18.4 Å². The number of aromatic nitrogens is 1. The van der Waals surface area contributed by atoms with E-state index in [0.717, 1.165) is 30.4 Å². The Kier molecular flexibility index (Phi) is 10.2. The molecule has 156 valence electrons. The lowest BCUT2D eigenvalue weighted by Crippen LogP contribution is -2.03. The number of nitrogens with zero attached hydrogens (tertiary/aromatic N) is 1. The lowest BCUT2D eigenvalue weighted by atomic mass is 10.0. The van der Waals surface area contributed by atoms with Gasteiger partial charge in [-0.05, 0) is 54.3 Å². The predicted molar refractivity (Wildman–Crippen MR) is 114 cm³/mol. The molecular formula is C24H31NO4. The lowest BCUT2D eigenvalue weighted by Gasteiger charge is -2.12. The summed E-state index contributed by atoms with van der Waals surface area (Å²) < 4.78 is 5.39. The maximum atomic E-state index is 10.5. The van der Waals surface area contributed by atoms with E-state index in [1.54, 1.807) is 18.3 Å². The molecule has 0 aliphatic carbocycles. The van der Waals surface area contributed by atoms with Crippen LogP contribution in [0.1, 0.15) is 62.5 Å². The Morgan fingerprint density at radius 2 is 2.03 bits per heavy atom. The van der Waals surface area contributed by atoms with Gasteiger partial charge in [-0.15, -0.1) is 5.73 Å². The number of unbranched alkanes of at least 4 members (excludes halogenated alkanes) is 1. The molecule has 3 N–H and O–H groups in total. The van der Waals surface area contributed by atoms with E-state index in [9.17, 15) is 10.2 Å². The molecule has 1 aromatic carbocycles. The van der Waals surface area contributed by atoms with Gasteiger partial charge < -0.3 is 20.1 Å². The molecule has 0 aliphatic rings. The molecule has 0 unspecified atom stereocenters. The first kappa shape index (κ1) is 22.9. The lowest BCUT2D eigenvalue weighted by molar-refractivity contribution is 0.172. The van der Waals surface area contributed by atoms with Crippen molar-refractivity contribution in [2.24, 2.45) is 0 Å². The second-order valence-corrected chi connectivity index (χ2v) is 6.93. The summed E-state index contributed by atoms with van der Waals surface area (Å²) in [5, 5.41) is 29.8. The van der Waals surface area contributed by atoms with E-state index >= 15 is 0 Å². The quantitative estimate of drug-likeness (QED) is 0.466. The van der Waals surface area contributed by atoms with Crippen LogP contribution in [0.25, 0.3) is 0 Å². The Morgan fingerprint density at radius 1 is 1.17 bits per heavy atom. The molecule has 0 spiro atoms. The van der Waals surface area contributed by atoms with Crippen LogP contribution in [0.3, 0.4) is 0 Å². The van der Waals surface area contributed by atoms with E-state index in [2.05, 4.69) is 17.6 Å². The summed E-state index contributed by atoms with van der Waals surface area (Å²) in [6.07, 6.45) is 6.03. The molecule has 0 bridgehead atoms. The predicted octanol–water partition coefficient (Wildman–Crippen LogP) is 4.27. The van der Waals surface area contributed by atoms with Gasteiger partial charge in [0, 0.05) is 19.0 Å². The van der Waals surface area contributed by atoms with Crippen molar-refractivity contribution in [3.05, 3.63) is 77.3 Å². The highest BCUT2D eigenvalue weighted by Gasteiger charge is 2.11. The van der Waals surface area contributed by atoms with Crippen LogP contribution in [0.5, 0.6) is 5.75 Å². The minimum Gasteiger partial charge on any atom is -0.491 e. The molecular weight excluding hydrogens is 366 g/mol. The fraction of sp³-hybridized carbons (Fsp3) is 0.417. The maximum absolute atomic E-state index is 10.5. The first-order valence-electron chi connectivity index (χ1n) is 10.2. The third kappa shape index (κ3) is 8.22. The van der Waals surface area contributed by atoms with Crippen LogP contribution in [0, 0.1) is 0 Å². The van der Waals surface area contributed by atoms with E-state index in [1.807, 2.05) is 36.4 Å². The molecule has 0 amide bonds. The van der Waals surface area contributed by atoms with Crippen LogP contribution in [0.4, 0.5) is 0 Å². The Balaban J connectivity index is 2.04. The zero-order chi connectivity index (χ0) is 20.9. The molecule has 0 saturated heterocycles. The van der Waals surface area contributed by atoms with Crippen LogP contribution < -0.4 is 4.74 Å². The molecule has 0 fully saturated rings. The van der Waals surface area contributed by atoms with Gasteiger partial charge in [-0.2, -0.15) is 0 Å². The molecule has 5 nitrogen and oxygen atoms in total. The number of hydrogen-bond donors (Lipinski definition) is 3. The summed E-state index contributed by atoms with van der Waals surface area (Å²) in [6, 6.07) is 12.8. The minimum absolute atomic E-state index is 0.0504. The monoisotopic (exact) mass is 397 g/mol. The fourth-order valence-electron chi connectivity index (χ4n) is 2.96. The van der Waals surface area contributed by atoms with Gasteiger partial charge in [0.1, 0.15) is 18.5 Å². The first-order chi connectivity index (χ1) is 14.1. The Bertz CT molecular complexity index is 784. The molecule has 5 heteroatoms. The van der Waals surface area contributed by atoms with Crippen molar-refractivity contribution in [2.75, 3.05) is 13.2 Å². The van der Waals surface area contributed by atoms with Crippen LogP contribution >= 0.6 is 0 Å². The fourth-order valence-corrected chi connectivity index (χ4v) is 2.96. The zero-order valence-electron chi connectivity index (χ0n) is 17.0. The Labute approximate surface area is 173 Å². The standard InChI is InChI=1S/C24H31NO4/c1-2-3-8-19(17-24(28)22-12-4-5-14-25-22)9-6-13-23(27)20-10-7-11-21(18-20)29-16-15-26/h4-7,10-12,14,18,23-24,26-28H,2-3,8,13,15-17H2,1H3/t9?,23-,24-/m0/s1. The third-order valence-electron chi connectivity index (χ3n) is 4.55. The van der Waals surface area contributed by atoms with Crippen LogP contribution in [-0.2, 0) is 0 Å². The largest absolute Gasteiger partial charge is 0.491 e. The van der Waals surface area contributed by atoms with Gasteiger partial charge in [-0.1, -0.05) is 31.5 Å². The number of ether oxygens (including phenoxy) is 1. The summed E-state index contributed by atoms with van der Waals surface area (Å²) in [5.41, 5.74) is 5.72. The summed E-state index contributed by atoms with van der Waals surface area (Å²) in [6.45, 7) is 2.30. The molecule has 0 aliphatic heterocycles. The van der Waals surface area contributed by atoms with Crippen molar-refractivity contribution in [3.63, 3.8) is 0 Å². The third-order valence-corrected chi connectivity index (χ3v) is 4.55. The number of benzene rings is 1. The molecule has 2 rings (SSSR count). The zero-order valence-corrected chi connectivity index (χ0v) is 17.0. The summed E-state index contributed by atoms with van der Waals surface area (Å²) in [4.78, 5) is 4.22. The van der Waals surface area contributed by atoms with Gasteiger partial charge in [-0.3, -0.25) is 4.98 Å². The highest BCUT2D eigenvalue weighted by atomic mass is 16.5. The van der Waals surface area contributed by atoms with E-state index in [0.29, 0.717) is 24.3 Å². The van der Waals surface area contributed by atoms with Crippen molar-refractivity contribution < 1.29 is 20.1 Å². The highest BCUT2D eigenvalue weighted by Crippen LogP contribution is 2.24. The van der Waals surface area contributed by atoms with Crippen molar-refractivity contribution in [1.82, 2.24) is 4.98 Å². The Morgan fingerprint density at radius 3 is 2.76 bits per heavy atom. The molecule has 0 radical (unpaired) electrons. The van der Waals surface area contributed by atoms with Crippen LogP contribution in [-0.4, -0.2) is 33.5 Å². The SMILES string of the molecule is CCCCC(=C=CC[C@H](O)c1cccc(OCCO)c1)C[C@H](O)c1ccccn1. The Hall–Kier alpha value is -2.43. The second-order valence-electron chi connectivity index (χ2n) is 6.93. The average Bonchev–Trinajstić information content (AvgIpc) is 2.76. The van der Waals surface area contributed by atoms with Gasteiger partial charge in [0.15, 0.2) is 0 Å². The summed E-state index contributed by atoms with van der Waals surface area (Å²) in [7, 11) is 0. The smallest absolute Gasteiger partial charge is 0.119 e. The molecule has 1 heterocycles. The first-order valence-corrected chi connectivity index (χ1v) is 10.2. The topological polar surface area (TPSA) is 82.8 Å². The van der Waals surface area contributed by atoms with E-state index in [1.165, 1.54) is 0 Å². The van der Waals surface area contributed by atoms with Gasteiger partial charge in [-0.25, -0.2) is 0 Å². The van der Waals surface area contributed by atoms with E-state index in [4.69, 9.17) is 9.84 Å². The van der Waals surface area contributed by atoms with Gasteiger partial charge in [0.25, 0.3) is 0 Å². The molecule has 2 aromatic rings. The van der Waals surface area contributed by atoms with Crippen molar-refractivity contribution in [3.8, 4) is 5.75 Å². The van der Waals surface area contributed by atoms with E-state index in [-0.39, 0.29) is 13.2 Å². The normalized spacial score (nSPS) is 12.7. The molecule has 2 atom stereocenters. The number of hydrogen-bond acceptors (Lipinski definition) is 5. The molecule has 0 saturated carbocycles. The summed E-state index contributed by atoms with van der Waals surface area (Å²) in [5.74, 6) is 0.622. The number of rotatable bonds is 12. The number of pyridine rings is 1. The summed E-state index contributed by atoms with van der Waals surface area (Å²) >= 11 is 0. The van der Waals surface area contributed by atoms with Crippen LogP contribution in [0.15, 0.2) is 66.0 Å². The van der Waals surface area contributed by atoms with Gasteiger partial charge >= 0.3 is 0 Å². The average molecular weight is 398 g/mol. The van der Waals surface area contributed by atoms with Crippen molar-refractivity contribution >= 4 is 0 Å². The van der Waals surface area contributed by atoms with Crippen molar-refractivity contribution in [1.29, 1.82) is 0 Å². The van der Waals surface area contributed by atoms with E-state index < -0.39 is 12.2 Å².